The maximum Gasteiger partial charge on any atom is 0.205 e. The molecule has 0 saturated carbocycles. The molecule has 11 heteroatoms. The number of hydrogen-bond donors (Lipinski definition) is 0. The zero-order valence-corrected chi connectivity index (χ0v) is 24.2. The minimum atomic E-state index is -0.239. The number of benzene rings is 2. The summed E-state index contributed by atoms with van der Waals surface area (Å²) in [6, 6.07) is 5.34. The number of thiophene rings is 1. The van der Waals surface area contributed by atoms with Crippen LogP contribution in [0.4, 0.5) is 0 Å². The van der Waals surface area contributed by atoms with Gasteiger partial charge in [-0.05, 0) is 37.4 Å². The quantitative estimate of drug-likeness (QED) is 0.145. The molecular weight excluding hydrogens is 552 g/mol. The van der Waals surface area contributed by atoms with Gasteiger partial charge < -0.3 is 37.3 Å². The van der Waals surface area contributed by atoms with E-state index in [1.165, 1.54) is 66.1 Å². The average Bonchev–Trinajstić information content (AvgIpc) is 3.73. The monoisotopic (exact) mass is 580 g/mol. The molecule has 2 aromatic carbocycles. The van der Waals surface area contributed by atoms with Crippen LogP contribution in [0.15, 0.2) is 44.9 Å². The first-order valence-electron chi connectivity index (χ1n) is 12.5. The highest BCUT2D eigenvalue weighted by molar-refractivity contribution is 7.10. The van der Waals surface area contributed by atoms with Crippen molar-refractivity contribution in [3.8, 4) is 34.5 Å². The smallest absolute Gasteiger partial charge is 0.205 e. The second-order valence-electron chi connectivity index (χ2n) is 8.98. The van der Waals surface area contributed by atoms with Gasteiger partial charge in [-0.15, -0.1) is 11.3 Å². The average molecular weight is 581 g/mol. The molecule has 0 spiro atoms. The highest BCUT2D eigenvalue weighted by atomic mass is 32.1. The number of methoxy groups -OCH3 is 4. The summed E-state index contributed by atoms with van der Waals surface area (Å²) in [5.41, 5.74) is 2.21. The van der Waals surface area contributed by atoms with Crippen LogP contribution >= 0.6 is 11.3 Å². The van der Waals surface area contributed by atoms with E-state index in [4.69, 9.17) is 37.3 Å². The molecule has 41 heavy (non-hydrogen) atoms. The Bertz CT molecular complexity index is 1630. The van der Waals surface area contributed by atoms with Gasteiger partial charge in [0.15, 0.2) is 34.2 Å². The Morgan fingerprint density at radius 1 is 0.683 bits per heavy atom. The van der Waals surface area contributed by atoms with Gasteiger partial charge in [0.05, 0.1) is 51.7 Å². The Morgan fingerprint density at radius 3 is 1.59 bits per heavy atom. The van der Waals surface area contributed by atoms with Crippen molar-refractivity contribution in [1.29, 1.82) is 0 Å². The van der Waals surface area contributed by atoms with Crippen LogP contribution in [0.3, 0.4) is 0 Å². The molecule has 0 atom stereocenters. The summed E-state index contributed by atoms with van der Waals surface area (Å²) >= 11 is 1.45. The molecular formula is C30H28O10S. The van der Waals surface area contributed by atoms with Gasteiger partial charge >= 0.3 is 0 Å². The first kappa shape index (κ1) is 27.9. The Labute approximate surface area is 239 Å². The molecule has 3 aromatic heterocycles. The molecule has 5 rings (SSSR count). The molecule has 0 aliphatic rings. The summed E-state index contributed by atoms with van der Waals surface area (Å²) in [5.74, 6) is 1.32. The van der Waals surface area contributed by atoms with E-state index in [1.807, 2.05) is 11.4 Å². The Kier molecular flexibility index (Phi) is 7.80. The highest BCUT2D eigenvalue weighted by Crippen LogP contribution is 2.48. The topological polar surface area (TPSA) is 116 Å². The van der Waals surface area contributed by atoms with Crippen LogP contribution < -0.4 is 28.4 Å². The maximum absolute atomic E-state index is 12.6. The molecule has 0 saturated heterocycles. The highest BCUT2D eigenvalue weighted by Gasteiger charge is 2.29. The van der Waals surface area contributed by atoms with E-state index in [-0.39, 0.29) is 47.4 Å². The number of hydrogen-bond acceptors (Lipinski definition) is 11. The summed E-state index contributed by atoms with van der Waals surface area (Å²) in [5, 5.41) is 3.14. The molecule has 0 fully saturated rings. The van der Waals surface area contributed by atoms with Crippen molar-refractivity contribution in [1.82, 2.24) is 0 Å². The predicted octanol–water partition coefficient (Wildman–Crippen LogP) is 6.84. The molecule has 0 aliphatic carbocycles. The molecule has 0 radical (unpaired) electrons. The van der Waals surface area contributed by atoms with Crippen LogP contribution in [0.5, 0.6) is 34.5 Å². The number of rotatable bonds is 12. The number of fused-ring (bicyclic) bond motifs is 2. The Hall–Kier alpha value is -4.64. The van der Waals surface area contributed by atoms with E-state index in [9.17, 15) is 9.59 Å². The van der Waals surface area contributed by atoms with E-state index in [0.717, 1.165) is 10.4 Å². The number of carbonyl (C=O) groups is 2. The summed E-state index contributed by atoms with van der Waals surface area (Å²) < 4.78 is 45.8. The number of ketones is 2. The third-order valence-electron chi connectivity index (χ3n) is 6.52. The van der Waals surface area contributed by atoms with Crippen LogP contribution in [-0.4, -0.2) is 40.0 Å². The van der Waals surface area contributed by atoms with E-state index in [2.05, 4.69) is 0 Å². The zero-order chi connectivity index (χ0) is 29.3. The number of furan rings is 2. The van der Waals surface area contributed by atoms with Gasteiger partial charge in [0, 0.05) is 10.4 Å². The van der Waals surface area contributed by atoms with Crippen LogP contribution in [0.1, 0.15) is 45.0 Å². The molecule has 3 heterocycles. The van der Waals surface area contributed by atoms with Crippen molar-refractivity contribution < 1.29 is 46.8 Å². The van der Waals surface area contributed by atoms with Gasteiger partial charge in [0.2, 0.25) is 11.5 Å². The lowest BCUT2D eigenvalue weighted by atomic mass is 10.0. The van der Waals surface area contributed by atoms with E-state index < -0.39 is 0 Å². The lowest BCUT2D eigenvalue weighted by Gasteiger charge is -2.17. The van der Waals surface area contributed by atoms with Crippen LogP contribution in [0.25, 0.3) is 21.9 Å². The van der Waals surface area contributed by atoms with Crippen molar-refractivity contribution in [2.75, 3.05) is 28.4 Å². The van der Waals surface area contributed by atoms with E-state index in [0.29, 0.717) is 44.9 Å². The van der Waals surface area contributed by atoms with Gasteiger partial charge in [0.25, 0.3) is 0 Å². The first-order valence-corrected chi connectivity index (χ1v) is 13.4. The van der Waals surface area contributed by atoms with E-state index in [1.54, 1.807) is 12.1 Å². The Morgan fingerprint density at radius 2 is 1.15 bits per heavy atom. The van der Waals surface area contributed by atoms with Crippen molar-refractivity contribution in [3.05, 3.63) is 57.7 Å². The molecule has 10 nitrogen and oxygen atoms in total. The Balaban J connectivity index is 1.42. The molecule has 0 bridgehead atoms. The number of carbonyl (C=O) groups excluding carboxylic acids is 2. The van der Waals surface area contributed by atoms with E-state index >= 15 is 0 Å². The van der Waals surface area contributed by atoms with Gasteiger partial charge in [0.1, 0.15) is 35.8 Å². The molecule has 5 aromatic rings. The van der Waals surface area contributed by atoms with Crippen LogP contribution in [0, 0.1) is 0 Å². The molecule has 0 N–H and O–H groups in total. The molecule has 0 unspecified atom stereocenters. The summed E-state index contributed by atoms with van der Waals surface area (Å²) in [6.07, 6.45) is 3.00. The molecule has 214 valence electrons. The fraction of sp³-hybridized carbons (Fsp3) is 0.267. The minimum Gasteiger partial charge on any atom is -0.495 e. The van der Waals surface area contributed by atoms with Crippen LogP contribution in [-0.2, 0) is 13.2 Å². The lowest BCUT2D eigenvalue weighted by Crippen LogP contribution is -2.07. The fourth-order valence-corrected chi connectivity index (χ4v) is 5.61. The van der Waals surface area contributed by atoms with Crippen molar-refractivity contribution >= 4 is 44.8 Å². The fourth-order valence-electron chi connectivity index (χ4n) is 4.82. The maximum atomic E-state index is 12.6. The second kappa shape index (κ2) is 11.5. The van der Waals surface area contributed by atoms with Gasteiger partial charge in [-0.1, -0.05) is 0 Å². The van der Waals surface area contributed by atoms with Crippen LogP contribution in [0.2, 0.25) is 0 Å². The van der Waals surface area contributed by atoms with Gasteiger partial charge in [-0.3, -0.25) is 9.59 Å². The first-order chi connectivity index (χ1) is 19.8. The molecule has 0 amide bonds. The minimum absolute atomic E-state index is 0.136. The van der Waals surface area contributed by atoms with Crippen molar-refractivity contribution in [2.45, 2.75) is 27.1 Å². The SMILES string of the molecule is COc1c(C(C)=O)c(OCc2csc(COc3c(C(C)=O)c(OC)c4ccoc4c3OC)c2)c(OC)c2occc12. The van der Waals surface area contributed by atoms with Crippen molar-refractivity contribution in [3.63, 3.8) is 0 Å². The van der Waals surface area contributed by atoms with Gasteiger partial charge in [-0.25, -0.2) is 0 Å². The normalized spacial score (nSPS) is 11.1. The lowest BCUT2D eigenvalue weighted by molar-refractivity contribution is 0.0996. The summed E-state index contributed by atoms with van der Waals surface area (Å²) in [4.78, 5) is 26.1. The second-order valence-corrected chi connectivity index (χ2v) is 9.97. The van der Waals surface area contributed by atoms with Gasteiger partial charge in [-0.2, -0.15) is 0 Å². The molecule has 0 aliphatic heterocycles. The predicted molar refractivity (Wildman–Crippen MR) is 152 cm³/mol. The summed E-state index contributed by atoms with van der Waals surface area (Å²) in [7, 11) is 5.95. The number of ether oxygens (including phenoxy) is 6. The largest absolute Gasteiger partial charge is 0.495 e. The standard InChI is InChI=1S/C30H28O10S/c1-15(31)21-23(33-3)19-7-9-37-25(19)29(35-5)27(21)39-12-17-11-18(41-14-17)13-40-28-22(16(2)32)24(34-4)20-8-10-38-26(20)30(28)36-6/h7-11,14H,12-13H2,1-6H3. The van der Waals surface area contributed by atoms with Crippen molar-refractivity contribution in [2.24, 2.45) is 0 Å². The third-order valence-corrected chi connectivity index (χ3v) is 7.48. The summed E-state index contributed by atoms with van der Waals surface area (Å²) in [6.45, 7) is 3.16. The zero-order valence-electron chi connectivity index (χ0n) is 23.4. The third kappa shape index (κ3) is 4.82. The number of Topliss-reactive ketones (excluding diaryl/α,β-unsaturated/α-hetero) is 2.